The molecule has 4 nitrogen and oxygen atoms in total. The van der Waals surface area contributed by atoms with E-state index in [1.54, 1.807) is 6.92 Å². The highest BCUT2D eigenvalue weighted by atomic mass is 19.1. The van der Waals surface area contributed by atoms with Crippen LogP contribution in [0, 0.1) is 12.7 Å². The number of hydrogen-bond acceptors (Lipinski definition) is 4. The van der Waals surface area contributed by atoms with Gasteiger partial charge in [0.15, 0.2) is 17.3 Å². The van der Waals surface area contributed by atoms with Crippen LogP contribution in [-0.4, -0.2) is 26.5 Å². The molecule has 0 atom stereocenters. The van der Waals surface area contributed by atoms with Gasteiger partial charge in [-0.25, -0.2) is 0 Å². The van der Waals surface area contributed by atoms with Gasteiger partial charge in [-0.05, 0) is 18.6 Å². The van der Waals surface area contributed by atoms with Crippen molar-refractivity contribution in [3.8, 4) is 11.5 Å². The van der Waals surface area contributed by atoms with Crippen molar-refractivity contribution in [1.29, 1.82) is 0 Å². The zero-order valence-electron chi connectivity index (χ0n) is 9.46. The molecule has 0 amide bonds. The van der Waals surface area contributed by atoms with Gasteiger partial charge < -0.3 is 15.2 Å². The van der Waals surface area contributed by atoms with Crippen molar-refractivity contribution in [3.63, 3.8) is 0 Å². The number of carbonyl (C=O) groups is 1. The summed E-state index contributed by atoms with van der Waals surface area (Å²) in [5.74, 6) is -1.10. The summed E-state index contributed by atoms with van der Waals surface area (Å²) in [6.45, 7) is 1.45. The van der Waals surface area contributed by atoms with Crippen molar-refractivity contribution < 1.29 is 18.7 Å². The van der Waals surface area contributed by atoms with Crippen LogP contribution in [0.1, 0.15) is 15.9 Å². The molecule has 0 unspecified atom stereocenters. The summed E-state index contributed by atoms with van der Waals surface area (Å²) in [5.41, 5.74) is 5.90. The summed E-state index contributed by atoms with van der Waals surface area (Å²) in [4.78, 5) is 11.5. The van der Waals surface area contributed by atoms with Crippen LogP contribution in [0.5, 0.6) is 11.5 Å². The fraction of sp³-hybridized carbons (Fsp3) is 0.364. The molecule has 1 rings (SSSR count). The highest BCUT2D eigenvalue weighted by Crippen LogP contribution is 2.33. The number of nitrogens with two attached hydrogens (primary N) is 1. The Morgan fingerprint density at radius 1 is 1.38 bits per heavy atom. The molecule has 0 spiro atoms. The third-order valence-corrected chi connectivity index (χ3v) is 2.26. The maximum atomic E-state index is 13.8. The standard InChI is InChI=1S/C11H14FNO3/c1-6-4-7(8(14)5-13)11(16-3)9(12)10(6)15-2/h4H,5,13H2,1-3H3. The summed E-state index contributed by atoms with van der Waals surface area (Å²) in [6, 6.07) is 1.51. The molecule has 0 saturated carbocycles. The van der Waals surface area contributed by atoms with Crippen LogP contribution in [0.2, 0.25) is 0 Å². The van der Waals surface area contributed by atoms with E-state index < -0.39 is 5.82 Å². The molecular formula is C11H14FNO3. The highest BCUT2D eigenvalue weighted by Gasteiger charge is 2.21. The Labute approximate surface area is 93.2 Å². The molecule has 88 valence electrons. The van der Waals surface area contributed by atoms with Gasteiger partial charge in [-0.15, -0.1) is 0 Å². The molecule has 0 heterocycles. The fourth-order valence-corrected chi connectivity index (χ4v) is 1.51. The largest absolute Gasteiger partial charge is 0.493 e. The third kappa shape index (κ3) is 1.99. The second-order valence-electron chi connectivity index (χ2n) is 3.25. The van der Waals surface area contributed by atoms with Gasteiger partial charge in [0.05, 0.1) is 26.3 Å². The molecule has 0 bridgehead atoms. The van der Waals surface area contributed by atoms with Crippen LogP contribution in [0.4, 0.5) is 4.39 Å². The first-order valence-electron chi connectivity index (χ1n) is 4.71. The van der Waals surface area contributed by atoms with E-state index in [1.165, 1.54) is 20.3 Å². The van der Waals surface area contributed by atoms with E-state index in [4.69, 9.17) is 15.2 Å². The second kappa shape index (κ2) is 4.94. The lowest BCUT2D eigenvalue weighted by Crippen LogP contribution is -2.15. The molecule has 0 aliphatic heterocycles. The van der Waals surface area contributed by atoms with Gasteiger partial charge in [0.1, 0.15) is 0 Å². The first-order chi connectivity index (χ1) is 7.56. The average Bonchev–Trinajstić information content (AvgIpc) is 2.28. The second-order valence-corrected chi connectivity index (χ2v) is 3.25. The molecule has 2 N–H and O–H groups in total. The molecule has 0 aromatic heterocycles. The number of benzene rings is 1. The van der Waals surface area contributed by atoms with Gasteiger partial charge in [-0.2, -0.15) is 4.39 Å². The molecule has 16 heavy (non-hydrogen) atoms. The van der Waals surface area contributed by atoms with Gasteiger partial charge >= 0.3 is 0 Å². The van der Waals surface area contributed by atoms with Crippen LogP contribution in [0.3, 0.4) is 0 Å². The Balaban J connectivity index is 3.46. The Kier molecular flexibility index (Phi) is 3.84. The Hall–Kier alpha value is -1.62. The number of hydrogen-bond donors (Lipinski definition) is 1. The predicted octanol–water partition coefficient (Wildman–Crippen LogP) is 1.29. The Morgan fingerprint density at radius 2 is 1.94 bits per heavy atom. The number of carbonyl (C=O) groups excluding carboxylic acids is 1. The fourth-order valence-electron chi connectivity index (χ4n) is 1.51. The number of ketones is 1. The number of methoxy groups -OCH3 is 2. The maximum absolute atomic E-state index is 13.8. The monoisotopic (exact) mass is 227 g/mol. The highest BCUT2D eigenvalue weighted by molar-refractivity contribution is 6.00. The minimum atomic E-state index is -0.679. The SMILES string of the molecule is COc1c(C)cc(C(=O)CN)c(OC)c1F. The zero-order valence-corrected chi connectivity index (χ0v) is 9.46. The average molecular weight is 227 g/mol. The van der Waals surface area contributed by atoms with E-state index in [0.29, 0.717) is 5.56 Å². The minimum Gasteiger partial charge on any atom is -0.493 e. The van der Waals surface area contributed by atoms with Crippen LogP contribution in [0.15, 0.2) is 6.07 Å². The molecule has 0 saturated heterocycles. The third-order valence-electron chi connectivity index (χ3n) is 2.26. The van der Waals surface area contributed by atoms with Crippen LogP contribution in [-0.2, 0) is 0 Å². The van der Waals surface area contributed by atoms with E-state index >= 15 is 0 Å². The molecule has 0 fully saturated rings. The first-order valence-corrected chi connectivity index (χ1v) is 4.71. The zero-order chi connectivity index (χ0) is 12.3. The molecule has 5 heteroatoms. The topological polar surface area (TPSA) is 61.5 Å². The van der Waals surface area contributed by atoms with Gasteiger partial charge in [-0.1, -0.05) is 0 Å². The van der Waals surface area contributed by atoms with Crippen molar-refractivity contribution in [1.82, 2.24) is 0 Å². The van der Waals surface area contributed by atoms with E-state index in [-0.39, 0.29) is 29.4 Å². The van der Waals surface area contributed by atoms with Crippen molar-refractivity contribution in [2.45, 2.75) is 6.92 Å². The Morgan fingerprint density at radius 3 is 2.38 bits per heavy atom. The smallest absolute Gasteiger partial charge is 0.207 e. The molecule has 1 aromatic carbocycles. The lowest BCUT2D eigenvalue weighted by molar-refractivity contribution is 0.0997. The van der Waals surface area contributed by atoms with Crippen LogP contribution >= 0.6 is 0 Å². The van der Waals surface area contributed by atoms with Crippen molar-refractivity contribution in [2.24, 2.45) is 5.73 Å². The predicted molar refractivity (Wildman–Crippen MR) is 57.6 cm³/mol. The van der Waals surface area contributed by atoms with E-state index in [0.717, 1.165) is 0 Å². The number of rotatable bonds is 4. The summed E-state index contributed by atoms with van der Waals surface area (Å²) < 4.78 is 23.6. The van der Waals surface area contributed by atoms with Crippen molar-refractivity contribution >= 4 is 5.78 Å². The van der Waals surface area contributed by atoms with Gasteiger partial charge in [-0.3, -0.25) is 4.79 Å². The summed E-state index contributed by atoms with van der Waals surface area (Å²) in [6.07, 6.45) is 0. The van der Waals surface area contributed by atoms with Gasteiger partial charge in [0.2, 0.25) is 5.82 Å². The number of ether oxygens (including phenoxy) is 2. The number of aryl methyl sites for hydroxylation is 1. The minimum absolute atomic E-state index is 0.0745. The van der Waals surface area contributed by atoms with Crippen LogP contribution in [0.25, 0.3) is 0 Å². The molecule has 0 aliphatic rings. The van der Waals surface area contributed by atoms with Gasteiger partial charge in [0.25, 0.3) is 0 Å². The lowest BCUT2D eigenvalue weighted by Gasteiger charge is -2.13. The molecule has 1 aromatic rings. The number of halogens is 1. The summed E-state index contributed by atoms with van der Waals surface area (Å²) in [5, 5.41) is 0. The van der Waals surface area contributed by atoms with Crippen molar-refractivity contribution in [2.75, 3.05) is 20.8 Å². The molecule has 0 radical (unpaired) electrons. The van der Waals surface area contributed by atoms with Gasteiger partial charge in [0, 0.05) is 0 Å². The number of Topliss-reactive ketones (excluding diaryl/α,β-unsaturated/α-hetero) is 1. The van der Waals surface area contributed by atoms with E-state index in [1.807, 2.05) is 0 Å². The molecule has 0 aliphatic carbocycles. The van der Waals surface area contributed by atoms with Crippen LogP contribution < -0.4 is 15.2 Å². The first kappa shape index (κ1) is 12.4. The summed E-state index contributed by atoms with van der Waals surface area (Å²) in [7, 11) is 2.65. The quantitative estimate of drug-likeness (QED) is 0.787. The molecular weight excluding hydrogens is 213 g/mol. The Bertz CT molecular complexity index is 418. The normalized spacial score (nSPS) is 10.1. The maximum Gasteiger partial charge on any atom is 0.207 e. The summed E-state index contributed by atoms with van der Waals surface area (Å²) >= 11 is 0. The lowest BCUT2D eigenvalue weighted by atomic mass is 10.0. The van der Waals surface area contributed by atoms with Crippen molar-refractivity contribution in [3.05, 3.63) is 23.0 Å². The van der Waals surface area contributed by atoms with E-state index in [2.05, 4.69) is 0 Å². The van der Waals surface area contributed by atoms with E-state index in [9.17, 15) is 9.18 Å².